The van der Waals surface area contributed by atoms with Crippen LogP contribution >= 0.6 is 0 Å². The summed E-state index contributed by atoms with van der Waals surface area (Å²) < 4.78 is 0. The monoisotopic (exact) mass is 142 g/mol. The van der Waals surface area contributed by atoms with Crippen molar-refractivity contribution in [2.45, 2.75) is 50.7 Å². The summed E-state index contributed by atoms with van der Waals surface area (Å²) in [7, 11) is 0. The van der Waals surface area contributed by atoms with E-state index in [9.17, 15) is 0 Å². The maximum Gasteiger partial charge on any atom is -1.00 e. The van der Waals surface area contributed by atoms with Crippen molar-refractivity contribution in [1.29, 1.82) is 0 Å². The summed E-state index contributed by atoms with van der Waals surface area (Å²) in [6.07, 6.45) is 8.51. The molecule has 0 aromatic heterocycles. The normalized spacial score (nSPS) is 10.1. The molecule has 0 aromatic carbocycles. The fourth-order valence-corrected chi connectivity index (χ4v) is 1.21. The van der Waals surface area contributed by atoms with E-state index in [1.54, 1.807) is 0 Å². The predicted molar refractivity (Wildman–Crippen MR) is 46.2 cm³/mol. The molecule has 0 bridgehead atoms. The predicted octanol–water partition coefficient (Wildman–Crippen LogP) is 3.16. The zero-order valence-electron chi connectivity index (χ0n) is 8.53. The summed E-state index contributed by atoms with van der Waals surface area (Å²) in [5.74, 6) is 0. The summed E-state index contributed by atoms with van der Waals surface area (Å²) in [5, 5.41) is 1.28. The fourth-order valence-electron chi connectivity index (χ4n) is 0.925. The standard InChI is InChI=1S/C8H17.Al.2H/c1-3-5-7-8-6-4-2;;;/h1,3-8H2,2H3;;;/q;+2;2*-1. The molecule has 0 saturated carbocycles. The van der Waals surface area contributed by atoms with Gasteiger partial charge < -0.3 is 2.85 Å². The zero-order chi connectivity index (χ0) is 6.95. The zero-order valence-corrected chi connectivity index (χ0v) is 7.68. The third kappa shape index (κ3) is 8.53. The third-order valence-electron chi connectivity index (χ3n) is 1.56. The van der Waals surface area contributed by atoms with Crippen molar-refractivity contribution < 1.29 is 2.85 Å². The molecule has 1 heteroatoms. The molecule has 0 amide bonds. The van der Waals surface area contributed by atoms with Crippen LogP contribution in [0.1, 0.15) is 48.3 Å². The first-order valence-corrected chi connectivity index (χ1v) is 4.93. The number of unbranched alkanes of at least 4 members (excludes halogenated alkanes) is 5. The van der Waals surface area contributed by atoms with E-state index in [0.29, 0.717) is 0 Å². The molecule has 0 heterocycles. The maximum atomic E-state index is 2.78. The summed E-state index contributed by atoms with van der Waals surface area (Å²) in [4.78, 5) is 0. The molecular weight excluding hydrogens is 123 g/mol. The van der Waals surface area contributed by atoms with Crippen molar-refractivity contribution in [2.75, 3.05) is 0 Å². The van der Waals surface area contributed by atoms with Crippen molar-refractivity contribution >= 4 is 16.3 Å². The van der Waals surface area contributed by atoms with Crippen LogP contribution in [0, 0.1) is 0 Å². The largest absolute Gasteiger partial charge is 1.00 e. The summed E-state index contributed by atoms with van der Waals surface area (Å²) >= 11 is 2.78. The summed E-state index contributed by atoms with van der Waals surface area (Å²) in [6, 6.07) is 0. The van der Waals surface area contributed by atoms with Crippen LogP contribution in [0.2, 0.25) is 5.28 Å². The second-order valence-corrected chi connectivity index (χ2v) is 3.13. The van der Waals surface area contributed by atoms with E-state index in [4.69, 9.17) is 0 Å². The van der Waals surface area contributed by atoms with E-state index in [0.717, 1.165) is 0 Å². The summed E-state index contributed by atoms with van der Waals surface area (Å²) in [6.45, 7) is 2.26. The first-order chi connectivity index (χ1) is 4.41. The minimum absolute atomic E-state index is 0. The number of rotatable bonds is 6. The first kappa shape index (κ1) is 9.53. The molecule has 0 unspecified atom stereocenters. The van der Waals surface area contributed by atoms with E-state index in [1.165, 1.54) is 43.8 Å². The van der Waals surface area contributed by atoms with Crippen LogP contribution in [0.15, 0.2) is 0 Å². The van der Waals surface area contributed by atoms with Gasteiger partial charge in [0.05, 0.1) is 0 Å². The molecule has 0 rings (SSSR count). The van der Waals surface area contributed by atoms with Crippen molar-refractivity contribution in [3.63, 3.8) is 0 Å². The van der Waals surface area contributed by atoms with E-state index in [-0.39, 0.29) is 2.85 Å². The summed E-state index contributed by atoms with van der Waals surface area (Å²) in [5.41, 5.74) is 0. The van der Waals surface area contributed by atoms with Crippen LogP contribution in [-0.4, -0.2) is 16.3 Å². The van der Waals surface area contributed by atoms with Crippen LogP contribution in [-0.2, 0) is 0 Å². The Kier molecular flexibility index (Phi) is 9.04. The molecule has 0 aliphatic carbocycles. The van der Waals surface area contributed by atoms with Gasteiger partial charge in [-0.05, 0) is 0 Å². The van der Waals surface area contributed by atoms with E-state index < -0.39 is 0 Å². The average molecular weight is 142 g/mol. The smallest absolute Gasteiger partial charge is 1.00 e. The van der Waals surface area contributed by atoms with Gasteiger partial charge in [0.15, 0.2) is 0 Å². The first-order valence-electron chi connectivity index (χ1n) is 4.12. The second-order valence-electron chi connectivity index (χ2n) is 2.56. The molecule has 0 nitrogen and oxygen atoms in total. The van der Waals surface area contributed by atoms with Crippen LogP contribution in [0.25, 0.3) is 0 Å². The topological polar surface area (TPSA) is 0 Å². The van der Waals surface area contributed by atoms with Crippen LogP contribution in [0.4, 0.5) is 0 Å². The number of hydrogen-bond donors (Lipinski definition) is 0. The van der Waals surface area contributed by atoms with Crippen molar-refractivity contribution in [3.05, 3.63) is 0 Å². The average Bonchev–Trinajstić information content (AvgIpc) is 1.89. The van der Waals surface area contributed by atoms with Crippen LogP contribution in [0.5, 0.6) is 0 Å². The second kappa shape index (κ2) is 8.53. The Morgan fingerprint density at radius 2 is 1.56 bits per heavy atom. The van der Waals surface area contributed by atoms with Crippen LogP contribution in [0.3, 0.4) is 0 Å². The molecule has 0 spiro atoms. The van der Waals surface area contributed by atoms with Crippen molar-refractivity contribution in [1.82, 2.24) is 0 Å². The molecule has 0 aromatic rings. The van der Waals surface area contributed by atoms with Gasteiger partial charge in [-0.3, -0.25) is 0 Å². The van der Waals surface area contributed by atoms with Gasteiger partial charge in [-0.1, -0.05) is 0 Å². The Hall–Kier alpha value is 0.532. The van der Waals surface area contributed by atoms with Gasteiger partial charge in [-0.2, -0.15) is 0 Å². The van der Waals surface area contributed by atoms with E-state index in [2.05, 4.69) is 23.2 Å². The molecule has 0 saturated heterocycles. The molecule has 0 aliphatic rings. The Morgan fingerprint density at radius 3 is 2.11 bits per heavy atom. The molecule has 0 aliphatic heterocycles. The molecule has 54 valence electrons. The molecule has 0 radical (unpaired) electrons. The Labute approximate surface area is 70.4 Å². The Balaban J connectivity index is -0.000000320. The minimum Gasteiger partial charge on any atom is -1.00 e. The van der Waals surface area contributed by atoms with E-state index in [1.807, 2.05) is 0 Å². The van der Waals surface area contributed by atoms with Crippen molar-refractivity contribution in [2.24, 2.45) is 0 Å². The maximum absolute atomic E-state index is 2.78. The van der Waals surface area contributed by atoms with Gasteiger partial charge >= 0.3 is 67.0 Å². The number of hydrogen-bond acceptors (Lipinski definition) is 0. The van der Waals surface area contributed by atoms with E-state index >= 15 is 0 Å². The molecule has 0 atom stereocenters. The van der Waals surface area contributed by atoms with Gasteiger partial charge in [0, 0.05) is 0 Å². The SMILES string of the molecule is CCCCCCC[CH2][Al+2].[H-].[H-]. The molecule has 0 N–H and O–H groups in total. The fraction of sp³-hybridized carbons (Fsp3) is 1.00. The van der Waals surface area contributed by atoms with Gasteiger partial charge in [-0.25, -0.2) is 0 Å². The van der Waals surface area contributed by atoms with Gasteiger partial charge in [-0.15, -0.1) is 0 Å². The van der Waals surface area contributed by atoms with Crippen molar-refractivity contribution in [3.8, 4) is 0 Å². The molecule has 9 heavy (non-hydrogen) atoms. The quantitative estimate of drug-likeness (QED) is 0.394. The van der Waals surface area contributed by atoms with Crippen LogP contribution < -0.4 is 0 Å². The van der Waals surface area contributed by atoms with Gasteiger partial charge in [0.1, 0.15) is 0 Å². The van der Waals surface area contributed by atoms with Gasteiger partial charge in [0.25, 0.3) is 0 Å². The Bertz CT molecular complexity index is 45.4. The third-order valence-corrected chi connectivity index (χ3v) is 1.97. The Morgan fingerprint density at radius 1 is 1.00 bits per heavy atom. The molecular formula is C8H19Al. The minimum atomic E-state index is 0. The molecule has 0 fully saturated rings. The van der Waals surface area contributed by atoms with Gasteiger partial charge in [0.2, 0.25) is 0 Å².